The summed E-state index contributed by atoms with van der Waals surface area (Å²) in [6, 6.07) is 26.7. The molecule has 4 nitrogen and oxygen atoms in total. The molecule has 0 saturated carbocycles. The second kappa shape index (κ2) is 9.13. The maximum Gasteiger partial charge on any atom is 0.241 e. The van der Waals surface area contributed by atoms with Gasteiger partial charge in [0.05, 0.1) is 17.0 Å². The molecule has 0 aromatic heterocycles. The number of nitrogens with zero attached hydrogens (tertiary/aromatic N) is 1. The van der Waals surface area contributed by atoms with Gasteiger partial charge >= 0.3 is 0 Å². The van der Waals surface area contributed by atoms with Crippen LogP contribution in [0.2, 0.25) is 0 Å². The Labute approximate surface area is 179 Å². The van der Waals surface area contributed by atoms with Gasteiger partial charge in [0.1, 0.15) is 0 Å². The monoisotopic (exact) mass is 420 g/mol. The summed E-state index contributed by atoms with van der Waals surface area (Å²) in [6.07, 6.45) is 2.27. The zero-order chi connectivity index (χ0) is 21.0. The smallest absolute Gasteiger partial charge is 0.241 e. The topological polar surface area (TPSA) is 49.4 Å². The second-order valence-corrected chi connectivity index (χ2v) is 9.64. The van der Waals surface area contributed by atoms with Crippen molar-refractivity contribution in [2.24, 2.45) is 0 Å². The largest absolute Gasteiger partial charge is 0.294 e. The Morgan fingerprint density at radius 1 is 0.767 bits per heavy atom. The van der Waals surface area contributed by atoms with E-state index in [1.54, 1.807) is 12.1 Å². The highest BCUT2D eigenvalue weighted by Gasteiger charge is 2.34. The quantitative estimate of drug-likeness (QED) is 0.594. The lowest BCUT2D eigenvalue weighted by Gasteiger charge is -2.35. The highest BCUT2D eigenvalue weighted by molar-refractivity contribution is 7.89. The molecule has 2 atom stereocenters. The van der Waals surface area contributed by atoms with Gasteiger partial charge in [-0.25, -0.2) is 13.1 Å². The van der Waals surface area contributed by atoms with Gasteiger partial charge in [-0.15, -0.1) is 0 Å². The van der Waals surface area contributed by atoms with E-state index in [4.69, 9.17) is 0 Å². The SMILES string of the molecule is Cc1ccc(S(=O)(=O)N[C@H](c2ccccc2)[C@@H](c2ccccc2)N2CCCC2)cc1. The fourth-order valence-corrected chi connectivity index (χ4v) is 5.44. The number of benzene rings is 3. The molecule has 1 N–H and O–H groups in total. The van der Waals surface area contributed by atoms with Crippen molar-refractivity contribution in [3.63, 3.8) is 0 Å². The Balaban J connectivity index is 1.77. The van der Waals surface area contributed by atoms with Crippen molar-refractivity contribution in [3.8, 4) is 0 Å². The average Bonchev–Trinajstić information content (AvgIpc) is 3.29. The first-order valence-corrected chi connectivity index (χ1v) is 12.0. The van der Waals surface area contributed by atoms with E-state index in [9.17, 15) is 8.42 Å². The van der Waals surface area contributed by atoms with Gasteiger partial charge in [-0.1, -0.05) is 78.4 Å². The van der Waals surface area contributed by atoms with E-state index in [1.165, 1.54) is 0 Å². The van der Waals surface area contributed by atoms with Gasteiger partial charge in [0.25, 0.3) is 0 Å². The van der Waals surface area contributed by atoms with Crippen LogP contribution in [0.25, 0.3) is 0 Å². The van der Waals surface area contributed by atoms with Crippen molar-refractivity contribution in [2.45, 2.75) is 36.7 Å². The van der Waals surface area contributed by atoms with Crippen LogP contribution >= 0.6 is 0 Å². The van der Waals surface area contributed by atoms with Crippen molar-refractivity contribution in [1.29, 1.82) is 0 Å². The van der Waals surface area contributed by atoms with Crippen LogP contribution in [0.1, 0.15) is 41.6 Å². The Bertz CT molecular complexity index is 1050. The van der Waals surface area contributed by atoms with Crippen molar-refractivity contribution in [2.75, 3.05) is 13.1 Å². The van der Waals surface area contributed by atoms with E-state index in [-0.39, 0.29) is 6.04 Å². The predicted octanol–water partition coefficient (Wildman–Crippen LogP) is 4.85. The van der Waals surface area contributed by atoms with E-state index in [2.05, 4.69) is 21.8 Å². The lowest BCUT2D eigenvalue weighted by Crippen LogP contribution is -2.39. The zero-order valence-electron chi connectivity index (χ0n) is 17.2. The summed E-state index contributed by atoms with van der Waals surface area (Å²) < 4.78 is 29.7. The summed E-state index contributed by atoms with van der Waals surface area (Å²) >= 11 is 0. The molecule has 1 saturated heterocycles. The average molecular weight is 421 g/mol. The van der Waals surface area contributed by atoms with Crippen LogP contribution in [0.3, 0.4) is 0 Å². The van der Waals surface area contributed by atoms with Crippen LogP contribution in [0.4, 0.5) is 0 Å². The van der Waals surface area contributed by atoms with E-state index in [0.29, 0.717) is 4.90 Å². The lowest BCUT2D eigenvalue weighted by atomic mass is 9.93. The highest BCUT2D eigenvalue weighted by Crippen LogP contribution is 2.37. The van der Waals surface area contributed by atoms with Crippen LogP contribution < -0.4 is 4.72 Å². The molecule has 1 fully saturated rings. The summed E-state index contributed by atoms with van der Waals surface area (Å²) in [5, 5.41) is 0. The Morgan fingerprint density at radius 3 is 1.87 bits per heavy atom. The molecule has 30 heavy (non-hydrogen) atoms. The highest BCUT2D eigenvalue weighted by atomic mass is 32.2. The molecule has 5 heteroatoms. The third-order valence-corrected chi connectivity index (χ3v) is 7.22. The number of aryl methyl sites for hydroxylation is 1. The minimum Gasteiger partial charge on any atom is -0.294 e. The molecule has 0 unspecified atom stereocenters. The van der Waals surface area contributed by atoms with Crippen LogP contribution in [0.15, 0.2) is 89.8 Å². The molecule has 3 aromatic carbocycles. The maximum atomic E-state index is 13.3. The van der Waals surface area contributed by atoms with Gasteiger partial charge in [-0.05, 0) is 56.1 Å². The minimum absolute atomic E-state index is 0.0728. The van der Waals surface area contributed by atoms with E-state index < -0.39 is 16.1 Å². The molecule has 156 valence electrons. The van der Waals surface area contributed by atoms with Crippen LogP contribution in [0, 0.1) is 6.92 Å². The number of nitrogens with one attached hydrogen (secondary N) is 1. The first kappa shape index (κ1) is 20.8. The lowest BCUT2D eigenvalue weighted by molar-refractivity contribution is 0.205. The van der Waals surface area contributed by atoms with Gasteiger partial charge in [-0.3, -0.25) is 4.90 Å². The standard InChI is InChI=1S/C25H28N2O2S/c1-20-14-16-23(17-15-20)30(28,29)26-24(21-10-4-2-5-11-21)25(27-18-8-9-19-27)22-12-6-3-7-13-22/h2-7,10-17,24-26H,8-9,18-19H2,1H3/t24-,25-/m1/s1. The number of sulfonamides is 1. The van der Waals surface area contributed by atoms with Crippen molar-refractivity contribution < 1.29 is 8.42 Å². The summed E-state index contributed by atoms with van der Waals surface area (Å²) in [7, 11) is -3.68. The zero-order valence-corrected chi connectivity index (χ0v) is 18.1. The molecule has 0 bridgehead atoms. The maximum absolute atomic E-state index is 13.3. The molecule has 1 aliphatic heterocycles. The molecular weight excluding hydrogens is 392 g/mol. The van der Waals surface area contributed by atoms with Crippen molar-refractivity contribution in [3.05, 3.63) is 102 Å². The number of hydrogen-bond donors (Lipinski definition) is 1. The fourth-order valence-electron chi connectivity index (χ4n) is 4.21. The second-order valence-electron chi connectivity index (χ2n) is 7.92. The molecule has 1 heterocycles. The Hall–Kier alpha value is -2.47. The molecule has 0 radical (unpaired) electrons. The molecule has 1 aliphatic rings. The van der Waals surface area contributed by atoms with Crippen molar-refractivity contribution >= 4 is 10.0 Å². The third kappa shape index (κ3) is 4.64. The van der Waals surface area contributed by atoms with Gasteiger partial charge in [0.2, 0.25) is 10.0 Å². The van der Waals surface area contributed by atoms with Crippen LogP contribution in [0.5, 0.6) is 0 Å². The van der Waals surface area contributed by atoms with Crippen molar-refractivity contribution in [1.82, 2.24) is 9.62 Å². The number of hydrogen-bond acceptors (Lipinski definition) is 3. The van der Waals surface area contributed by atoms with Crippen LogP contribution in [-0.4, -0.2) is 26.4 Å². The predicted molar refractivity (Wildman–Crippen MR) is 121 cm³/mol. The normalized spacial score (nSPS) is 17.0. The third-order valence-electron chi connectivity index (χ3n) is 5.76. The molecule has 3 aromatic rings. The van der Waals surface area contributed by atoms with E-state index in [0.717, 1.165) is 42.6 Å². The Kier molecular flexibility index (Phi) is 6.32. The molecule has 4 rings (SSSR count). The number of rotatable bonds is 7. The summed E-state index contributed by atoms with van der Waals surface area (Å²) in [4.78, 5) is 2.70. The van der Waals surface area contributed by atoms with Gasteiger partial charge < -0.3 is 0 Å². The molecule has 0 amide bonds. The summed E-state index contributed by atoms with van der Waals surface area (Å²) in [5.74, 6) is 0. The van der Waals surface area contributed by atoms with E-state index in [1.807, 2.05) is 67.6 Å². The first-order chi connectivity index (χ1) is 14.5. The first-order valence-electron chi connectivity index (χ1n) is 10.5. The van der Waals surface area contributed by atoms with Gasteiger partial charge in [0, 0.05) is 0 Å². The number of likely N-dealkylation sites (tertiary alicyclic amines) is 1. The molecule has 0 aliphatic carbocycles. The minimum atomic E-state index is -3.68. The van der Waals surface area contributed by atoms with Gasteiger partial charge in [-0.2, -0.15) is 0 Å². The fraction of sp³-hybridized carbons (Fsp3) is 0.280. The van der Waals surface area contributed by atoms with Crippen LogP contribution in [-0.2, 0) is 10.0 Å². The Morgan fingerprint density at radius 2 is 1.30 bits per heavy atom. The molecule has 0 spiro atoms. The van der Waals surface area contributed by atoms with Gasteiger partial charge in [0.15, 0.2) is 0 Å². The van der Waals surface area contributed by atoms with E-state index >= 15 is 0 Å². The summed E-state index contributed by atoms with van der Waals surface area (Å²) in [5.41, 5.74) is 3.13. The summed E-state index contributed by atoms with van der Waals surface area (Å²) in [6.45, 7) is 3.89. The molecular formula is C25H28N2O2S.